The van der Waals surface area contributed by atoms with Crippen molar-refractivity contribution in [2.24, 2.45) is 0 Å². The van der Waals surface area contributed by atoms with Crippen LogP contribution >= 0.6 is 0 Å². The number of pyridine rings is 1. The fourth-order valence-electron chi connectivity index (χ4n) is 1.63. The van der Waals surface area contributed by atoms with Crippen LogP contribution in [0, 0.1) is 11.6 Å². The van der Waals surface area contributed by atoms with Crippen molar-refractivity contribution in [2.75, 3.05) is 11.9 Å². The Morgan fingerprint density at radius 1 is 1.26 bits per heavy atom. The normalized spacial score (nSPS) is 10.3. The van der Waals surface area contributed by atoms with Gasteiger partial charge in [0, 0.05) is 24.4 Å². The predicted molar refractivity (Wildman–Crippen MR) is 69.1 cm³/mol. The average molecular weight is 264 g/mol. The van der Waals surface area contributed by atoms with E-state index in [0.717, 1.165) is 24.2 Å². The largest absolute Gasteiger partial charge is 0.486 e. The third-order valence-corrected chi connectivity index (χ3v) is 2.51. The average Bonchev–Trinajstić information content (AvgIpc) is 2.40. The molecule has 19 heavy (non-hydrogen) atoms. The molecule has 0 atom stereocenters. The van der Waals surface area contributed by atoms with Gasteiger partial charge in [-0.3, -0.25) is 0 Å². The number of rotatable bonds is 5. The molecule has 0 amide bonds. The lowest BCUT2D eigenvalue weighted by atomic mass is 10.2. The minimum absolute atomic E-state index is 0.0210. The van der Waals surface area contributed by atoms with Gasteiger partial charge < -0.3 is 10.1 Å². The standard InChI is InChI=1S/C14H14F2N2O/c1-2-17-14-10(4-3-7-18-14)9-19-13-6-5-11(15)8-12(13)16/h3-8H,2,9H2,1H3,(H,17,18). The zero-order valence-corrected chi connectivity index (χ0v) is 10.5. The van der Waals surface area contributed by atoms with E-state index in [-0.39, 0.29) is 12.4 Å². The lowest BCUT2D eigenvalue weighted by Gasteiger charge is -2.11. The highest BCUT2D eigenvalue weighted by atomic mass is 19.1. The number of hydrogen-bond donors (Lipinski definition) is 1. The lowest BCUT2D eigenvalue weighted by molar-refractivity contribution is 0.289. The number of halogens is 2. The number of anilines is 1. The van der Waals surface area contributed by atoms with Crippen LogP contribution < -0.4 is 10.1 Å². The number of ether oxygens (including phenoxy) is 1. The molecule has 0 saturated carbocycles. The summed E-state index contributed by atoms with van der Waals surface area (Å²) >= 11 is 0. The van der Waals surface area contributed by atoms with Crippen LogP contribution in [0.4, 0.5) is 14.6 Å². The van der Waals surface area contributed by atoms with Gasteiger partial charge in [0.1, 0.15) is 18.2 Å². The molecule has 0 radical (unpaired) electrons. The molecule has 1 N–H and O–H groups in total. The van der Waals surface area contributed by atoms with Crippen molar-refractivity contribution in [3.05, 3.63) is 53.7 Å². The van der Waals surface area contributed by atoms with Gasteiger partial charge >= 0.3 is 0 Å². The molecule has 0 unspecified atom stereocenters. The fourth-order valence-corrected chi connectivity index (χ4v) is 1.63. The van der Waals surface area contributed by atoms with Crippen LogP contribution in [-0.2, 0) is 6.61 Å². The van der Waals surface area contributed by atoms with Crippen molar-refractivity contribution in [2.45, 2.75) is 13.5 Å². The first kappa shape index (κ1) is 13.3. The highest BCUT2D eigenvalue weighted by Crippen LogP contribution is 2.20. The fraction of sp³-hybridized carbons (Fsp3) is 0.214. The van der Waals surface area contributed by atoms with Gasteiger partial charge in [-0.25, -0.2) is 13.8 Å². The van der Waals surface area contributed by atoms with E-state index in [9.17, 15) is 8.78 Å². The number of nitrogens with one attached hydrogen (secondary N) is 1. The smallest absolute Gasteiger partial charge is 0.167 e. The molecule has 1 heterocycles. The first-order valence-corrected chi connectivity index (χ1v) is 5.96. The minimum atomic E-state index is -0.714. The van der Waals surface area contributed by atoms with E-state index in [1.807, 2.05) is 13.0 Å². The van der Waals surface area contributed by atoms with Crippen LogP contribution in [0.25, 0.3) is 0 Å². The Morgan fingerprint density at radius 3 is 2.84 bits per heavy atom. The Kier molecular flexibility index (Phi) is 4.28. The van der Waals surface area contributed by atoms with E-state index < -0.39 is 11.6 Å². The van der Waals surface area contributed by atoms with Crippen molar-refractivity contribution >= 4 is 5.82 Å². The summed E-state index contributed by atoms with van der Waals surface area (Å²) in [6.07, 6.45) is 1.67. The summed E-state index contributed by atoms with van der Waals surface area (Å²) < 4.78 is 31.5. The SMILES string of the molecule is CCNc1ncccc1COc1ccc(F)cc1F. The monoisotopic (exact) mass is 264 g/mol. The molecule has 100 valence electrons. The molecule has 0 aliphatic carbocycles. The molecule has 0 saturated heterocycles. The third kappa shape index (κ3) is 3.40. The highest BCUT2D eigenvalue weighted by Gasteiger charge is 2.07. The van der Waals surface area contributed by atoms with Crippen molar-refractivity contribution in [3.63, 3.8) is 0 Å². The van der Waals surface area contributed by atoms with Crippen molar-refractivity contribution in [1.82, 2.24) is 4.98 Å². The Bertz CT molecular complexity index is 561. The third-order valence-electron chi connectivity index (χ3n) is 2.51. The topological polar surface area (TPSA) is 34.2 Å². The summed E-state index contributed by atoms with van der Waals surface area (Å²) in [5, 5.41) is 3.09. The molecular formula is C14H14F2N2O. The number of benzene rings is 1. The molecule has 0 aliphatic rings. The molecule has 2 rings (SSSR count). The first-order chi connectivity index (χ1) is 9.20. The molecule has 0 fully saturated rings. The molecular weight excluding hydrogens is 250 g/mol. The van der Waals surface area contributed by atoms with Crippen LogP contribution in [0.2, 0.25) is 0 Å². The zero-order chi connectivity index (χ0) is 13.7. The maximum Gasteiger partial charge on any atom is 0.167 e. The van der Waals surface area contributed by atoms with Gasteiger partial charge in [-0.15, -0.1) is 0 Å². The Balaban J connectivity index is 2.10. The van der Waals surface area contributed by atoms with E-state index in [0.29, 0.717) is 5.82 Å². The van der Waals surface area contributed by atoms with Gasteiger partial charge in [0.2, 0.25) is 0 Å². The van der Waals surface area contributed by atoms with Crippen molar-refractivity contribution < 1.29 is 13.5 Å². The number of nitrogens with zero attached hydrogens (tertiary/aromatic N) is 1. The Labute approximate surface area is 110 Å². The van der Waals surface area contributed by atoms with E-state index in [1.54, 1.807) is 12.3 Å². The van der Waals surface area contributed by atoms with Gasteiger partial charge in [0.05, 0.1) is 0 Å². The molecule has 5 heteroatoms. The van der Waals surface area contributed by atoms with Crippen LogP contribution in [0.1, 0.15) is 12.5 Å². The summed E-state index contributed by atoms with van der Waals surface area (Å²) in [7, 11) is 0. The Morgan fingerprint density at radius 2 is 2.11 bits per heavy atom. The van der Waals surface area contributed by atoms with Gasteiger partial charge in [0.25, 0.3) is 0 Å². The lowest BCUT2D eigenvalue weighted by Crippen LogP contribution is -2.06. The van der Waals surface area contributed by atoms with Crippen molar-refractivity contribution in [1.29, 1.82) is 0 Å². The Hall–Kier alpha value is -2.17. The molecule has 0 spiro atoms. The second kappa shape index (κ2) is 6.13. The number of hydrogen-bond acceptors (Lipinski definition) is 3. The molecule has 2 aromatic rings. The number of aromatic nitrogens is 1. The molecule has 3 nitrogen and oxygen atoms in total. The minimum Gasteiger partial charge on any atom is -0.486 e. The highest BCUT2D eigenvalue weighted by molar-refractivity contribution is 5.43. The molecule has 0 aliphatic heterocycles. The van der Waals surface area contributed by atoms with E-state index in [2.05, 4.69) is 10.3 Å². The molecule has 1 aromatic heterocycles. The second-order valence-corrected chi connectivity index (χ2v) is 3.90. The van der Waals surface area contributed by atoms with Crippen LogP contribution in [0.15, 0.2) is 36.5 Å². The molecule has 0 bridgehead atoms. The maximum atomic E-state index is 13.4. The molecule has 1 aromatic carbocycles. The van der Waals surface area contributed by atoms with E-state index >= 15 is 0 Å². The van der Waals surface area contributed by atoms with Crippen molar-refractivity contribution in [3.8, 4) is 5.75 Å². The second-order valence-electron chi connectivity index (χ2n) is 3.90. The summed E-state index contributed by atoms with van der Waals surface area (Å²) in [6, 6.07) is 6.84. The zero-order valence-electron chi connectivity index (χ0n) is 10.5. The van der Waals surface area contributed by atoms with Gasteiger partial charge in [-0.2, -0.15) is 0 Å². The van der Waals surface area contributed by atoms with E-state index in [1.165, 1.54) is 6.07 Å². The maximum absolute atomic E-state index is 13.4. The van der Waals surface area contributed by atoms with Gasteiger partial charge in [-0.1, -0.05) is 6.07 Å². The van der Waals surface area contributed by atoms with Crippen LogP contribution in [-0.4, -0.2) is 11.5 Å². The first-order valence-electron chi connectivity index (χ1n) is 5.96. The van der Waals surface area contributed by atoms with Crippen LogP contribution in [0.3, 0.4) is 0 Å². The summed E-state index contributed by atoms with van der Waals surface area (Å²) in [5.41, 5.74) is 0.813. The van der Waals surface area contributed by atoms with Gasteiger partial charge in [-0.05, 0) is 25.1 Å². The van der Waals surface area contributed by atoms with Gasteiger partial charge in [0.15, 0.2) is 11.6 Å². The summed E-state index contributed by atoms with van der Waals surface area (Å²) in [4.78, 5) is 4.17. The summed E-state index contributed by atoms with van der Waals surface area (Å²) in [5.74, 6) is -0.617. The van der Waals surface area contributed by atoms with E-state index in [4.69, 9.17) is 4.74 Å². The quantitative estimate of drug-likeness (QED) is 0.899. The summed E-state index contributed by atoms with van der Waals surface area (Å²) in [6.45, 7) is 2.85. The predicted octanol–water partition coefficient (Wildman–Crippen LogP) is 3.37. The van der Waals surface area contributed by atoms with Crippen LogP contribution in [0.5, 0.6) is 5.75 Å².